The van der Waals surface area contributed by atoms with Crippen molar-refractivity contribution in [3.05, 3.63) is 77.6 Å². The Hall–Kier alpha value is -2.35. The van der Waals surface area contributed by atoms with Crippen molar-refractivity contribution in [2.24, 2.45) is 0 Å². The molecule has 0 amide bonds. The Kier molecular flexibility index (Phi) is 2.49. The van der Waals surface area contributed by atoms with Crippen molar-refractivity contribution in [2.45, 2.75) is 12.5 Å². The minimum Gasteiger partial charge on any atom is -0.378 e. The predicted molar refractivity (Wildman–Crippen MR) is 80.4 cm³/mol. The molecule has 0 bridgehead atoms. The van der Waals surface area contributed by atoms with Gasteiger partial charge in [-0.25, -0.2) is 4.39 Å². The Bertz CT molecular complexity index is 789. The molecule has 1 atom stereocenters. The molecule has 0 aromatic heterocycles. The van der Waals surface area contributed by atoms with E-state index < -0.39 is 0 Å². The van der Waals surface area contributed by atoms with Gasteiger partial charge in [-0.1, -0.05) is 42.5 Å². The van der Waals surface area contributed by atoms with Gasteiger partial charge in [0, 0.05) is 5.69 Å². The highest BCUT2D eigenvalue weighted by Crippen LogP contribution is 2.37. The molecule has 1 aliphatic rings. The maximum atomic E-state index is 13.3. The fourth-order valence-electron chi connectivity index (χ4n) is 3.07. The molecule has 1 aliphatic heterocycles. The summed E-state index contributed by atoms with van der Waals surface area (Å²) in [5.74, 6) is -0.163. The maximum absolute atomic E-state index is 13.3. The highest BCUT2D eigenvalue weighted by atomic mass is 19.1. The molecule has 1 nitrogen and oxygen atoms in total. The third kappa shape index (κ3) is 1.76. The van der Waals surface area contributed by atoms with Crippen LogP contribution in [0.15, 0.2) is 60.7 Å². The second-order valence-electron chi connectivity index (χ2n) is 5.27. The average molecular weight is 263 g/mol. The van der Waals surface area contributed by atoms with Crippen molar-refractivity contribution >= 4 is 16.5 Å². The van der Waals surface area contributed by atoms with Crippen LogP contribution in [0.1, 0.15) is 17.2 Å². The van der Waals surface area contributed by atoms with Crippen LogP contribution in [0, 0.1) is 5.82 Å². The third-order valence-electron chi connectivity index (χ3n) is 4.02. The van der Waals surface area contributed by atoms with E-state index in [0.717, 1.165) is 17.7 Å². The molecule has 0 fully saturated rings. The van der Waals surface area contributed by atoms with Gasteiger partial charge in [0.1, 0.15) is 5.82 Å². The molecule has 0 aliphatic carbocycles. The molecule has 4 rings (SSSR count). The summed E-state index contributed by atoms with van der Waals surface area (Å²) in [6, 6.07) is 20.0. The van der Waals surface area contributed by atoms with E-state index in [1.54, 1.807) is 6.07 Å². The average Bonchev–Trinajstić information content (AvgIpc) is 2.89. The SMILES string of the molecule is Fc1ccc2c(c1)CC(c1cccc3ccccc13)N2. The molecule has 1 unspecified atom stereocenters. The van der Waals surface area contributed by atoms with E-state index in [0.29, 0.717) is 0 Å². The lowest BCUT2D eigenvalue weighted by Crippen LogP contribution is -2.06. The monoisotopic (exact) mass is 263 g/mol. The van der Waals surface area contributed by atoms with E-state index in [2.05, 4.69) is 47.8 Å². The van der Waals surface area contributed by atoms with E-state index in [1.807, 2.05) is 6.07 Å². The molecule has 2 heteroatoms. The molecule has 1 N–H and O–H groups in total. The number of fused-ring (bicyclic) bond motifs is 2. The van der Waals surface area contributed by atoms with Gasteiger partial charge in [0.25, 0.3) is 0 Å². The topological polar surface area (TPSA) is 12.0 Å². The fourth-order valence-corrected chi connectivity index (χ4v) is 3.07. The van der Waals surface area contributed by atoms with Crippen molar-refractivity contribution < 1.29 is 4.39 Å². The zero-order chi connectivity index (χ0) is 13.5. The Morgan fingerprint density at radius 3 is 2.75 bits per heavy atom. The van der Waals surface area contributed by atoms with E-state index in [1.165, 1.54) is 22.4 Å². The quantitative estimate of drug-likeness (QED) is 0.671. The van der Waals surface area contributed by atoms with E-state index in [-0.39, 0.29) is 11.9 Å². The van der Waals surface area contributed by atoms with Crippen molar-refractivity contribution in [2.75, 3.05) is 5.32 Å². The Balaban J connectivity index is 1.79. The van der Waals surface area contributed by atoms with Crippen LogP contribution in [0.25, 0.3) is 10.8 Å². The molecule has 3 aromatic rings. The first kappa shape index (κ1) is 11.5. The summed E-state index contributed by atoms with van der Waals surface area (Å²) in [4.78, 5) is 0. The second kappa shape index (κ2) is 4.34. The van der Waals surface area contributed by atoms with Gasteiger partial charge >= 0.3 is 0 Å². The molecule has 1 heterocycles. The van der Waals surface area contributed by atoms with Gasteiger partial charge in [-0.3, -0.25) is 0 Å². The van der Waals surface area contributed by atoms with Crippen LogP contribution in [-0.4, -0.2) is 0 Å². The molecule has 3 aromatic carbocycles. The number of rotatable bonds is 1. The van der Waals surface area contributed by atoms with Crippen molar-refractivity contribution in [3.63, 3.8) is 0 Å². The zero-order valence-corrected chi connectivity index (χ0v) is 10.9. The lowest BCUT2D eigenvalue weighted by atomic mass is 9.97. The summed E-state index contributed by atoms with van der Waals surface area (Å²) in [7, 11) is 0. The number of hydrogen-bond donors (Lipinski definition) is 1. The van der Waals surface area contributed by atoms with Gasteiger partial charge in [-0.05, 0) is 46.5 Å². The molecule has 0 saturated carbocycles. The first-order valence-electron chi connectivity index (χ1n) is 6.84. The van der Waals surface area contributed by atoms with E-state index >= 15 is 0 Å². The zero-order valence-electron chi connectivity index (χ0n) is 10.9. The first-order valence-corrected chi connectivity index (χ1v) is 6.84. The molecule has 0 radical (unpaired) electrons. The lowest BCUT2D eigenvalue weighted by Gasteiger charge is -2.14. The molecular weight excluding hydrogens is 249 g/mol. The van der Waals surface area contributed by atoms with Crippen LogP contribution < -0.4 is 5.32 Å². The van der Waals surface area contributed by atoms with Gasteiger partial charge in [0.15, 0.2) is 0 Å². The fraction of sp³-hybridized carbons (Fsp3) is 0.111. The van der Waals surface area contributed by atoms with Crippen LogP contribution in [0.2, 0.25) is 0 Å². The van der Waals surface area contributed by atoms with Crippen molar-refractivity contribution in [1.29, 1.82) is 0 Å². The highest BCUT2D eigenvalue weighted by Gasteiger charge is 2.23. The van der Waals surface area contributed by atoms with Crippen LogP contribution >= 0.6 is 0 Å². The Labute approximate surface area is 117 Å². The molecular formula is C18H14FN. The number of nitrogens with one attached hydrogen (secondary N) is 1. The Morgan fingerprint density at radius 1 is 0.950 bits per heavy atom. The van der Waals surface area contributed by atoms with Gasteiger partial charge in [-0.15, -0.1) is 0 Å². The van der Waals surface area contributed by atoms with Gasteiger partial charge in [0.2, 0.25) is 0 Å². The number of hydrogen-bond acceptors (Lipinski definition) is 1. The summed E-state index contributed by atoms with van der Waals surface area (Å²) >= 11 is 0. The van der Waals surface area contributed by atoms with Gasteiger partial charge in [0.05, 0.1) is 6.04 Å². The summed E-state index contributed by atoms with van der Waals surface area (Å²) in [6.07, 6.45) is 0.834. The lowest BCUT2D eigenvalue weighted by molar-refractivity contribution is 0.626. The third-order valence-corrected chi connectivity index (χ3v) is 4.02. The van der Waals surface area contributed by atoms with E-state index in [9.17, 15) is 4.39 Å². The summed E-state index contributed by atoms with van der Waals surface area (Å²) < 4.78 is 13.3. The van der Waals surface area contributed by atoms with Gasteiger partial charge in [-0.2, -0.15) is 0 Å². The normalized spacial score (nSPS) is 16.9. The van der Waals surface area contributed by atoms with Crippen LogP contribution in [0.3, 0.4) is 0 Å². The second-order valence-corrected chi connectivity index (χ2v) is 5.27. The van der Waals surface area contributed by atoms with Gasteiger partial charge < -0.3 is 5.32 Å². The van der Waals surface area contributed by atoms with Crippen molar-refractivity contribution in [1.82, 2.24) is 0 Å². The molecule has 0 saturated heterocycles. The van der Waals surface area contributed by atoms with E-state index in [4.69, 9.17) is 0 Å². The summed E-state index contributed by atoms with van der Waals surface area (Å²) in [5.41, 5.74) is 3.38. The largest absolute Gasteiger partial charge is 0.378 e. The molecule has 20 heavy (non-hydrogen) atoms. The van der Waals surface area contributed by atoms with Crippen LogP contribution in [-0.2, 0) is 6.42 Å². The maximum Gasteiger partial charge on any atom is 0.123 e. The summed E-state index contributed by atoms with van der Waals surface area (Å²) in [6.45, 7) is 0. The van der Waals surface area contributed by atoms with Crippen molar-refractivity contribution in [3.8, 4) is 0 Å². The van der Waals surface area contributed by atoms with Crippen LogP contribution in [0.5, 0.6) is 0 Å². The first-order chi connectivity index (χ1) is 9.81. The Morgan fingerprint density at radius 2 is 1.80 bits per heavy atom. The number of anilines is 1. The summed E-state index contributed by atoms with van der Waals surface area (Å²) in [5, 5.41) is 6.01. The minimum absolute atomic E-state index is 0.163. The van der Waals surface area contributed by atoms with Crippen LogP contribution in [0.4, 0.5) is 10.1 Å². The highest BCUT2D eigenvalue weighted by molar-refractivity contribution is 5.86. The number of benzene rings is 3. The predicted octanol–water partition coefficient (Wildman–Crippen LogP) is 4.69. The smallest absolute Gasteiger partial charge is 0.123 e. The standard InChI is InChI=1S/C18H14FN/c19-14-8-9-17-13(10-14)11-18(20-17)16-7-3-5-12-4-1-2-6-15(12)16/h1-10,18,20H,11H2. The molecule has 98 valence electrons. The molecule has 0 spiro atoms. The minimum atomic E-state index is -0.163. The number of halogens is 1.